The highest BCUT2D eigenvalue weighted by Crippen LogP contribution is 2.23. The van der Waals surface area contributed by atoms with Crippen LogP contribution in [0.2, 0.25) is 0 Å². The Hall–Kier alpha value is -1.55. The highest BCUT2D eigenvalue weighted by Gasteiger charge is 2.22. The molecule has 0 radical (unpaired) electrons. The summed E-state index contributed by atoms with van der Waals surface area (Å²) in [6, 6.07) is 7.80. The summed E-state index contributed by atoms with van der Waals surface area (Å²) < 4.78 is 0. The molecule has 1 saturated heterocycles. The molecule has 1 atom stereocenters. The number of amides is 1. The molecule has 1 aliphatic rings. The molecule has 92 valence electrons. The van der Waals surface area contributed by atoms with E-state index >= 15 is 0 Å². The van der Waals surface area contributed by atoms with Crippen molar-refractivity contribution in [2.24, 2.45) is 0 Å². The molecule has 4 heteroatoms. The van der Waals surface area contributed by atoms with Gasteiger partial charge in [-0.15, -0.1) is 0 Å². The first-order valence-corrected chi connectivity index (χ1v) is 5.99. The number of hydrogen-bond donors (Lipinski definition) is 2. The van der Waals surface area contributed by atoms with E-state index in [1.54, 1.807) is 0 Å². The Bertz CT molecular complexity index is 397. The summed E-state index contributed by atoms with van der Waals surface area (Å²) in [5, 5.41) is 6.19. The Kier molecular flexibility index (Phi) is 3.64. The van der Waals surface area contributed by atoms with Crippen molar-refractivity contribution in [3.63, 3.8) is 0 Å². The quantitative estimate of drug-likeness (QED) is 0.830. The Morgan fingerprint density at radius 3 is 2.82 bits per heavy atom. The summed E-state index contributed by atoms with van der Waals surface area (Å²) in [4.78, 5) is 14.0. The number of nitrogens with zero attached hydrogens (tertiary/aromatic N) is 1. The van der Waals surface area contributed by atoms with Crippen molar-refractivity contribution in [3.8, 4) is 0 Å². The van der Waals surface area contributed by atoms with Crippen LogP contribution in [-0.2, 0) is 4.79 Å². The van der Waals surface area contributed by atoms with Gasteiger partial charge in [-0.2, -0.15) is 0 Å². The standard InChI is InChI=1S/C13H19N3O/c1-16(2)12-8-4-3-6-10(12)15-13(17)11-7-5-9-14-11/h3-4,6,8,11,14H,5,7,9H2,1-2H3,(H,15,17)/t11-/m0/s1. The fourth-order valence-electron chi connectivity index (χ4n) is 2.10. The van der Waals surface area contributed by atoms with Gasteiger partial charge in [-0.25, -0.2) is 0 Å². The second kappa shape index (κ2) is 5.19. The summed E-state index contributed by atoms with van der Waals surface area (Å²) in [5.74, 6) is 0.0665. The van der Waals surface area contributed by atoms with Crippen LogP contribution in [0.15, 0.2) is 24.3 Å². The third-order valence-electron chi connectivity index (χ3n) is 3.02. The van der Waals surface area contributed by atoms with E-state index in [9.17, 15) is 4.79 Å². The number of rotatable bonds is 3. The summed E-state index contributed by atoms with van der Waals surface area (Å²) in [5.41, 5.74) is 1.90. The molecule has 1 aromatic carbocycles. The SMILES string of the molecule is CN(C)c1ccccc1NC(=O)[C@@H]1CCCN1. The molecular weight excluding hydrogens is 214 g/mol. The molecule has 0 bridgehead atoms. The van der Waals surface area contributed by atoms with Crippen LogP contribution in [0, 0.1) is 0 Å². The zero-order valence-corrected chi connectivity index (χ0v) is 10.4. The molecule has 1 amide bonds. The van der Waals surface area contributed by atoms with Crippen LogP contribution in [-0.4, -0.2) is 32.6 Å². The second-order valence-corrected chi connectivity index (χ2v) is 4.55. The summed E-state index contributed by atoms with van der Waals surface area (Å²) in [7, 11) is 3.94. The lowest BCUT2D eigenvalue weighted by Gasteiger charge is -2.19. The van der Waals surface area contributed by atoms with Gasteiger partial charge in [0.1, 0.15) is 0 Å². The number of nitrogens with one attached hydrogen (secondary N) is 2. The van der Waals surface area contributed by atoms with E-state index in [4.69, 9.17) is 0 Å². The first kappa shape index (κ1) is 11.9. The lowest BCUT2D eigenvalue weighted by atomic mass is 10.2. The van der Waals surface area contributed by atoms with Gasteiger partial charge in [-0.05, 0) is 31.5 Å². The topological polar surface area (TPSA) is 44.4 Å². The van der Waals surface area contributed by atoms with Gasteiger partial charge in [0.2, 0.25) is 5.91 Å². The van der Waals surface area contributed by atoms with Gasteiger partial charge in [0.05, 0.1) is 17.4 Å². The molecule has 2 N–H and O–H groups in total. The van der Waals surface area contributed by atoms with Crippen molar-refractivity contribution in [3.05, 3.63) is 24.3 Å². The lowest BCUT2D eigenvalue weighted by molar-refractivity contribution is -0.117. The molecule has 4 nitrogen and oxygen atoms in total. The first-order chi connectivity index (χ1) is 8.18. The van der Waals surface area contributed by atoms with Crippen LogP contribution in [0.4, 0.5) is 11.4 Å². The number of para-hydroxylation sites is 2. The maximum absolute atomic E-state index is 12.0. The number of carbonyl (C=O) groups excluding carboxylic acids is 1. The van der Waals surface area contributed by atoms with E-state index in [0.717, 1.165) is 30.8 Å². The zero-order chi connectivity index (χ0) is 12.3. The van der Waals surface area contributed by atoms with Crippen molar-refractivity contribution in [1.82, 2.24) is 5.32 Å². The molecule has 0 unspecified atom stereocenters. The second-order valence-electron chi connectivity index (χ2n) is 4.55. The van der Waals surface area contributed by atoms with Crippen LogP contribution >= 0.6 is 0 Å². The predicted octanol–water partition coefficient (Wildman–Crippen LogP) is 1.44. The zero-order valence-electron chi connectivity index (χ0n) is 10.4. The van der Waals surface area contributed by atoms with E-state index in [1.807, 2.05) is 43.3 Å². The van der Waals surface area contributed by atoms with Crippen molar-refractivity contribution >= 4 is 17.3 Å². The molecule has 17 heavy (non-hydrogen) atoms. The molecule has 0 saturated carbocycles. The Morgan fingerprint density at radius 1 is 1.41 bits per heavy atom. The summed E-state index contributed by atoms with van der Waals surface area (Å²) in [6.45, 7) is 0.938. The Labute approximate surface area is 102 Å². The van der Waals surface area contributed by atoms with E-state index < -0.39 is 0 Å². The van der Waals surface area contributed by atoms with Crippen molar-refractivity contribution in [1.29, 1.82) is 0 Å². The van der Waals surface area contributed by atoms with E-state index in [2.05, 4.69) is 10.6 Å². The molecule has 1 fully saturated rings. The van der Waals surface area contributed by atoms with Gasteiger partial charge in [0.25, 0.3) is 0 Å². The average Bonchev–Trinajstić information content (AvgIpc) is 2.83. The lowest BCUT2D eigenvalue weighted by Crippen LogP contribution is -2.35. The predicted molar refractivity (Wildman–Crippen MR) is 70.4 cm³/mol. The summed E-state index contributed by atoms with van der Waals surface area (Å²) in [6.07, 6.45) is 2.00. The monoisotopic (exact) mass is 233 g/mol. The maximum atomic E-state index is 12.0. The number of benzene rings is 1. The maximum Gasteiger partial charge on any atom is 0.241 e. The highest BCUT2D eigenvalue weighted by atomic mass is 16.2. The van der Waals surface area contributed by atoms with Crippen molar-refractivity contribution < 1.29 is 4.79 Å². The van der Waals surface area contributed by atoms with Crippen molar-refractivity contribution in [2.75, 3.05) is 30.9 Å². The van der Waals surface area contributed by atoms with Crippen LogP contribution in [0.5, 0.6) is 0 Å². The van der Waals surface area contributed by atoms with Gasteiger partial charge in [-0.1, -0.05) is 12.1 Å². The third kappa shape index (κ3) is 2.77. The van der Waals surface area contributed by atoms with Gasteiger partial charge in [-0.3, -0.25) is 4.79 Å². The minimum atomic E-state index is -0.0368. The van der Waals surface area contributed by atoms with Crippen LogP contribution in [0.3, 0.4) is 0 Å². The largest absolute Gasteiger partial charge is 0.376 e. The molecular formula is C13H19N3O. The highest BCUT2D eigenvalue weighted by molar-refractivity contribution is 5.97. The number of carbonyl (C=O) groups is 1. The fourth-order valence-corrected chi connectivity index (χ4v) is 2.10. The van der Waals surface area contributed by atoms with Crippen LogP contribution < -0.4 is 15.5 Å². The fraction of sp³-hybridized carbons (Fsp3) is 0.462. The number of hydrogen-bond acceptors (Lipinski definition) is 3. The molecule has 0 aliphatic carbocycles. The van der Waals surface area contributed by atoms with Crippen LogP contribution in [0.1, 0.15) is 12.8 Å². The molecule has 1 aliphatic heterocycles. The van der Waals surface area contributed by atoms with E-state index in [-0.39, 0.29) is 11.9 Å². The average molecular weight is 233 g/mol. The third-order valence-corrected chi connectivity index (χ3v) is 3.02. The van der Waals surface area contributed by atoms with Crippen LogP contribution in [0.25, 0.3) is 0 Å². The van der Waals surface area contributed by atoms with E-state index in [0.29, 0.717) is 0 Å². The molecule has 0 aromatic heterocycles. The molecule has 1 aromatic rings. The van der Waals surface area contributed by atoms with Gasteiger partial charge in [0, 0.05) is 14.1 Å². The Balaban J connectivity index is 2.09. The van der Waals surface area contributed by atoms with Gasteiger partial charge >= 0.3 is 0 Å². The molecule has 1 heterocycles. The molecule has 2 rings (SSSR count). The van der Waals surface area contributed by atoms with Gasteiger partial charge < -0.3 is 15.5 Å². The van der Waals surface area contributed by atoms with E-state index in [1.165, 1.54) is 0 Å². The van der Waals surface area contributed by atoms with Crippen molar-refractivity contribution in [2.45, 2.75) is 18.9 Å². The first-order valence-electron chi connectivity index (χ1n) is 5.99. The molecule has 0 spiro atoms. The number of anilines is 2. The minimum absolute atomic E-state index is 0.0368. The smallest absolute Gasteiger partial charge is 0.241 e. The Morgan fingerprint density at radius 2 is 2.18 bits per heavy atom. The van der Waals surface area contributed by atoms with Gasteiger partial charge in [0.15, 0.2) is 0 Å². The normalized spacial score (nSPS) is 19.1. The summed E-state index contributed by atoms with van der Waals surface area (Å²) >= 11 is 0. The minimum Gasteiger partial charge on any atom is -0.376 e.